The lowest BCUT2D eigenvalue weighted by atomic mass is 10.00. The Morgan fingerprint density at radius 3 is 2.80 bits per heavy atom. The van der Waals surface area contributed by atoms with Crippen molar-refractivity contribution in [2.75, 3.05) is 6.54 Å². The topological polar surface area (TPSA) is 171 Å². The molecule has 2 fully saturated rings. The summed E-state index contributed by atoms with van der Waals surface area (Å²) in [6.07, 6.45) is 1.98. The quantitative estimate of drug-likeness (QED) is 0.326. The van der Waals surface area contributed by atoms with Gasteiger partial charge in [-0.25, -0.2) is 9.78 Å². The van der Waals surface area contributed by atoms with E-state index in [1.807, 2.05) is 0 Å². The van der Waals surface area contributed by atoms with Crippen LogP contribution in [0.3, 0.4) is 0 Å². The summed E-state index contributed by atoms with van der Waals surface area (Å²) in [7, 11) is -3.25. The Labute approximate surface area is 142 Å². The normalized spacial score (nSPS) is 23.0. The lowest BCUT2D eigenvalue weighted by Gasteiger charge is -2.30. The third kappa shape index (κ3) is 3.45. The van der Waals surface area contributed by atoms with E-state index < -0.39 is 34.4 Å². The molecule has 0 saturated carbocycles. The van der Waals surface area contributed by atoms with Gasteiger partial charge in [0.25, 0.3) is 5.91 Å². The fourth-order valence-corrected chi connectivity index (χ4v) is 3.22. The molecule has 0 aromatic carbocycles. The van der Waals surface area contributed by atoms with Crippen molar-refractivity contribution in [1.82, 2.24) is 30.0 Å². The molecular weight excluding hydrogens is 358 g/mol. The Morgan fingerprint density at radius 2 is 2.20 bits per heavy atom. The van der Waals surface area contributed by atoms with E-state index in [0.717, 1.165) is 0 Å². The van der Waals surface area contributed by atoms with Crippen LogP contribution in [-0.2, 0) is 21.7 Å². The summed E-state index contributed by atoms with van der Waals surface area (Å²) in [5.41, 5.74) is 0. The highest BCUT2D eigenvalue weighted by Crippen LogP contribution is 2.30. The van der Waals surface area contributed by atoms with Gasteiger partial charge in [0.2, 0.25) is 5.82 Å². The van der Waals surface area contributed by atoms with Crippen LogP contribution in [0.1, 0.15) is 23.5 Å². The first-order valence-electron chi connectivity index (χ1n) is 7.18. The van der Waals surface area contributed by atoms with Gasteiger partial charge >= 0.3 is 16.4 Å². The van der Waals surface area contributed by atoms with Crippen LogP contribution >= 0.6 is 0 Å². The summed E-state index contributed by atoms with van der Waals surface area (Å²) in [6, 6.07) is -2.13. The second kappa shape index (κ2) is 6.05. The predicted octanol–water partition coefficient (Wildman–Crippen LogP) is -1.47. The highest BCUT2D eigenvalue weighted by atomic mass is 32.3. The van der Waals surface area contributed by atoms with Crippen LogP contribution in [0.15, 0.2) is 6.33 Å². The minimum absolute atomic E-state index is 0.110. The number of rotatable bonds is 4. The number of carbonyl (C=O) groups is 2. The monoisotopic (exact) mass is 373 g/mol. The fourth-order valence-electron chi connectivity index (χ4n) is 2.84. The number of aryl methyl sites for hydroxylation is 1. The Hall–Kier alpha value is -2.58. The number of aromatic nitrogens is 3. The number of amides is 3. The summed E-state index contributed by atoms with van der Waals surface area (Å²) >= 11 is 0. The van der Waals surface area contributed by atoms with Crippen LogP contribution in [-0.4, -0.2) is 74.1 Å². The molecule has 2 saturated heterocycles. The van der Waals surface area contributed by atoms with Crippen molar-refractivity contribution in [1.29, 1.82) is 5.41 Å². The second-order valence-corrected chi connectivity index (χ2v) is 6.62. The number of hydrogen-bond donors (Lipinski definition) is 3. The molecule has 136 valence electrons. The molecule has 1 aromatic heterocycles. The Kier molecular flexibility index (Phi) is 4.18. The van der Waals surface area contributed by atoms with Gasteiger partial charge in [0.15, 0.2) is 0 Å². The first kappa shape index (κ1) is 17.2. The fraction of sp³-hybridized carbons (Fsp3) is 0.545. The molecule has 3 heterocycles. The molecule has 3 rings (SSSR count). The van der Waals surface area contributed by atoms with Gasteiger partial charge in [0, 0.05) is 13.6 Å². The zero-order valence-electron chi connectivity index (χ0n) is 13.0. The molecule has 2 bridgehead atoms. The molecule has 0 aliphatic carbocycles. The third-order valence-corrected chi connectivity index (χ3v) is 4.23. The van der Waals surface area contributed by atoms with Crippen molar-refractivity contribution in [2.45, 2.75) is 24.9 Å². The molecule has 3 amide bonds. The summed E-state index contributed by atoms with van der Waals surface area (Å²) < 4.78 is 36.1. The van der Waals surface area contributed by atoms with Gasteiger partial charge < -0.3 is 10.2 Å². The SMILES string of the molecule is Cn1cnc(C(=O)NC(=N)[C@@H]2CC[C@@H]3CN2C(=O)N3OS(=O)(=O)O)n1. The number of nitrogens with one attached hydrogen (secondary N) is 2. The van der Waals surface area contributed by atoms with Crippen LogP contribution in [0.4, 0.5) is 4.79 Å². The van der Waals surface area contributed by atoms with Crippen LogP contribution in [0, 0.1) is 5.41 Å². The van der Waals surface area contributed by atoms with Crippen LogP contribution in [0.5, 0.6) is 0 Å². The molecular formula is C11H15N7O6S. The third-order valence-electron chi connectivity index (χ3n) is 3.88. The molecule has 0 spiro atoms. The Balaban J connectivity index is 1.69. The molecule has 1 aromatic rings. The molecule has 0 radical (unpaired) electrons. The molecule has 14 heteroatoms. The predicted molar refractivity (Wildman–Crippen MR) is 79.6 cm³/mol. The maximum atomic E-state index is 12.3. The number of nitrogens with zero attached hydrogens (tertiary/aromatic N) is 5. The summed E-state index contributed by atoms with van der Waals surface area (Å²) in [4.78, 5) is 29.2. The van der Waals surface area contributed by atoms with Gasteiger partial charge in [-0.2, -0.15) is 13.5 Å². The Morgan fingerprint density at radius 1 is 1.48 bits per heavy atom. The maximum Gasteiger partial charge on any atom is 0.418 e. The number of hydrogen-bond acceptors (Lipinski definition) is 8. The van der Waals surface area contributed by atoms with Gasteiger partial charge in [-0.05, 0) is 12.8 Å². The highest BCUT2D eigenvalue weighted by Gasteiger charge is 2.48. The number of fused-ring (bicyclic) bond motifs is 2. The van der Waals surface area contributed by atoms with E-state index in [-0.39, 0.29) is 18.2 Å². The number of urea groups is 1. The van der Waals surface area contributed by atoms with Gasteiger partial charge in [-0.1, -0.05) is 0 Å². The number of amidine groups is 1. The van der Waals surface area contributed by atoms with Gasteiger partial charge in [0.05, 0.1) is 12.1 Å². The Bertz CT molecular complexity index is 836. The maximum absolute atomic E-state index is 12.3. The molecule has 2 atom stereocenters. The molecule has 2 aliphatic heterocycles. The zero-order chi connectivity index (χ0) is 18.4. The van der Waals surface area contributed by atoms with Gasteiger partial charge in [-0.3, -0.25) is 19.4 Å². The van der Waals surface area contributed by atoms with Crippen molar-refractivity contribution >= 4 is 28.2 Å². The van der Waals surface area contributed by atoms with Crippen molar-refractivity contribution in [2.24, 2.45) is 7.05 Å². The van der Waals surface area contributed by atoms with E-state index in [4.69, 9.17) is 9.96 Å². The molecule has 0 unspecified atom stereocenters. The van der Waals surface area contributed by atoms with E-state index in [2.05, 4.69) is 19.7 Å². The van der Waals surface area contributed by atoms with Crippen molar-refractivity contribution < 1.29 is 26.8 Å². The van der Waals surface area contributed by atoms with E-state index in [1.165, 1.54) is 15.9 Å². The minimum Gasteiger partial charge on any atom is -0.310 e. The average molecular weight is 373 g/mol. The molecule has 3 N–H and O–H groups in total. The van der Waals surface area contributed by atoms with E-state index in [9.17, 15) is 18.0 Å². The number of piperidine rings is 1. The number of carbonyl (C=O) groups excluding carboxylic acids is 2. The van der Waals surface area contributed by atoms with Crippen LogP contribution in [0.2, 0.25) is 0 Å². The average Bonchev–Trinajstić information content (AvgIpc) is 3.05. The summed E-state index contributed by atoms with van der Waals surface area (Å²) in [5.74, 6) is -1.05. The van der Waals surface area contributed by atoms with Crippen LogP contribution in [0.25, 0.3) is 0 Å². The molecule has 13 nitrogen and oxygen atoms in total. The first-order chi connectivity index (χ1) is 11.7. The summed E-state index contributed by atoms with van der Waals surface area (Å²) in [5, 5.41) is 14.8. The standard InChI is InChI=1S/C11H15N7O6S/c1-16-5-13-9(15-16)10(19)14-8(12)7-3-2-6-4-17(7)11(20)18(6)24-25(21,22)23/h5-7H,2-4H2,1H3,(H2,12,14,19)(H,21,22,23)/t6-,7+/m1/s1. The molecule has 25 heavy (non-hydrogen) atoms. The highest BCUT2D eigenvalue weighted by molar-refractivity contribution is 7.80. The minimum atomic E-state index is -4.83. The second-order valence-electron chi connectivity index (χ2n) is 5.62. The summed E-state index contributed by atoms with van der Waals surface area (Å²) in [6.45, 7) is 0.110. The smallest absolute Gasteiger partial charge is 0.310 e. The lowest BCUT2D eigenvalue weighted by Crippen LogP contribution is -2.50. The van der Waals surface area contributed by atoms with Crippen LogP contribution < -0.4 is 5.32 Å². The first-order valence-corrected chi connectivity index (χ1v) is 8.54. The zero-order valence-corrected chi connectivity index (χ0v) is 13.8. The van der Waals surface area contributed by atoms with E-state index in [0.29, 0.717) is 17.9 Å². The van der Waals surface area contributed by atoms with Crippen molar-refractivity contribution in [3.8, 4) is 0 Å². The molecule has 2 aliphatic rings. The van der Waals surface area contributed by atoms with Crippen molar-refractivity contribution in [3.05, 3.63) is 12.2 Å². The largest absolute Gasteiger partial charge is 0.418 e. The number of hydroxylamine groups is 2. The van der Waals surface area contributed by atoms with Gasteiger partial charge in [-0.15, -0.1) is 9.38 Å². The van der Waals surface area contributed by atoms with E-state index in [1.54, 1.807) is 7.05 Å². The van der Waals surface area contributed by atoms with Gasteiger partial charge in [0.1, 0.15) is 12.2 Å². The van der Waals surface area contributed by atoms with E-state index >= 15 is 0 Å². The van der Waals surface area contributed by atoms with Crippen molar-refractivity contribution in [3.63, 3.8) is 0 Å². The lowest BCUT2D eigenvalue weighted by molar-refractivity contribution is -0.0316.